The van der Waals surface area contributed by atoms with Crippen LogP contribution in [0.4, 0.5) is 9.18 Å². The molecule has 0 unspecified atom stereocenters. The van der Waals surface area contributed by atoms with Gasteiger partial charge in [0.15, 0.2) is 0 Å². The molecule has 1 aliphatic carbocycles. The van der Waals surface area contributed by atoms with Crippen LogP contribution in [0, 0.1) is 17.2 Å². The Labute approximate surface area is 168 Å². The lowest BCUT2D eigenvalue weighted by atomic mass is 9.64. The Morgan fingerprint density at radius 3 is 2.71 bits per heavy atom. The van der Waals surface area contributed by atoms with Crippen molar-refractivity contribution in [2.75, 3.05) is 6.54 Å². The number of benzene rings is 1. The van der Waals surface area contributed by atoms with Crippen LogP contribution in [0.5, 0.6) is 0 Å². The molecule has 1 N–H and O–H groups in total. The molecule has 1 aromatic carbocycles. The van der Waals surface area contributed by atoms with Gasteiger partial charge in [-0.05, 0) is 42.7 Å². The smallest absolute Gasteiger partial charge is 0.326 e. The number of carbonyl (C=O) groups is 3. The largest absolute Gasteiger partial charge is 0.459 e. The van der Waals surface area contributed by atoms with E-state index in [9.17, 15) is 18.8 Å². The lowest BCUT2D eigenvalue weighted by molar-refractivity contribution is -0.149. The van der Waals surface area contributed by atoms with E-state index in [1.54, 1.807) is 0 Å². The molecule has 1 spiro atoms. The summed E-state index contributed by atoms with van der Waals surface area (Å²) < 4.78 is 18.8. The Balaban J connectivity index is 1.67. The van der Waals surface area contributed by atoms with Gasteiger partial charge < -0.3 is 10.1 Å². The molecule has 1 saturated carbocycles. The SMILES string of the molecule is C[C@H]1CC(C)(C)C[C@]2(C1)NC(=O)N(CC(=O)OCc1c(F)cccc1Cl)C2=O. The van der Waals surface area contributed by atoms with Crippen molar-refractivity contribution in [3.63, 3.8) is 0 Å². The number of hydrogen-bond acceptors (Lipinski definition) is 4. The van der Waals surface area contributed by atoms with Crippen LogP contribution in [-0.4, -0.2) is 34.9 Å². The third-order valence-corrected chi connectivity index (χ3v) is 5.70. The number of carbonyl (C=O) groups excluding carboxylic acids is 3. The summed E-state index contributed by atoms with van der Waals surface area (Å²) >= 11 is 5.91. The van der Waals surface area contributed by atoms with E-state index < -0.39 is 35.8 Å². The van der Waals surface area contributed by atoms with Gasteiger partial charge in [0.1, 0.15) is 24.5 Å². The number of nitrogens with zero attached hydrogens (tertiary/aromatic N) is 1. The van der Waals surface area contributed by atoms with E-state index in [0.29, 0.717) is 12.8 Å². The molecule has 3 amide bonds. The first-order valence-electron chi connectivity index (χ1n) is 9.26. The summed E-state index contributed by atoms with van der Waals surface area (Å²) in [6, 6.07) is 3.54. The third kappa shape index (κ3) is 3.99. The molecule has 28 heavy (non-hydrogen) atoms. The predicted octanol–water partition coefficient (Wildman–Crippen LogP) is 3.66. The van der Waals surface area contributed by atoms with Crippen LogP contribution in [0.1, 0.15) is 45.6 Å². The van der Waals surface area contributed by atoms with Gasteiger partial charge >= 0.3 is 12.0 Å². The first kappa shape index (κ1) is 20.6. The number of rotatable bonds is 4. The average molecular weight is 411 g/mol. The van der Waals surface area contributed by atoms with E-state index in [-0.39, 0.29) is 28.5 Å². The number of nitrogens with one attached hydrogen (secondary N) is 1. The number of ether oxygens (including phenoxy) is 1. The van der Waals surface area contributed by atoms with Crippen LogP contribution in [-0.2, 0) is 20.9 Å². The van der Waals surface area contributed by atoms with Crippen LogP contribution < -0.4 is 5.32 Å². The lowest BCUT2D eigenvalue weighted by Crippen LogP contribution is -2.54. The molecule has 0 radical (unpaired) electrons. The minimum absolute atomic E-state index is 0.0500. The highest BCUT2D eigenvalue weighted by Gasteiger charge is 2.56. The van der Waals surface area contributed by atoms with Gasteiger partial charge in [-0.2, -0.15) is 0 Å². The third-order valence-electron chi connectivity index (χ3n) is 5.35. The second-order valence-electron chi connectivity index (χ2n) is 8.62. The molecule has 1 aliphatic heterocycles. The van der Waals surface area contributed by atoms with E-state index in [2.05, 4.69) is 26.1 Å². The highest BCUT2D eigenvalue weighted by atomic mass is 35.5. The van der Waals surface area contributed by atoms with Crippen molar-refractivity contribution in [3.05, 3.63) is 34.6 Å². The van der Waals surface area contributed by atoms with Crippen LogP contribution >= 0.6 is 11.6 Å². The molecule has 1 aromatic rings. The van der Waals surface area contributed by atoms with Gasteiger partial charge in [0.25, 0.3) is 5.91 Å². The van der Waals surface area contributed by atoms with Gasteiger partial charge in [0.05, 0.1) is 5.02 Å². The summed E-state index contributed by atoms with van der Waals surface area (Å²) in [5.74, 6) is -1.53. The van der Waals surface area contributed by atoms with Gasteiger partial charge in [0.2, 0.25) is 0 Å². The van der Waals surface area contributed by atoms with Crippen LogP contribution in [0.2, 0.25) is 5.02 Å². The van der Waals surface area contributed by atoms with Crippen LogP contribution in [0.25, 0.3) is 0 Å². The normalized spacial score (nSPS) is 26.5. The zero-order valence-electron chi connectivity index (χ0n) is 16.2. The Morgan fingerprint density at radius 2 is 2.07 bits per heavy atom. The second kappa shape index (κ2) is 7.35. The molecule has 1 heterocycles. The Morgan fingerprint density at radius 1 is 1.36 bits per heavy atom. The molecule has 0 bridgehead atoms. The number of imide groups is 1. The van der Waals surface area contributed by atoms with E-state index in [4.69, 9.17) is 16.3 Å². The second-order valence-corrected chi connectivity index (χ2v) is 9.03. The van der Waals surface area contributed by atoms with Crippen LogP contribution in [0.3, 0.4) is 0 Å². The summed E-state index contributed by atoms with van der Waals surface area (Å²) in [4.78, 5) is 38.5. The number of hydrogen-bond donors (Lipinski definition) is 1. The van der Waals surface area contributed by atoms with Crippen molar-refractivity contribution in [1.82, 2.24) is 10.2 Å². The van der Waals surface area contributed by atoms with Crippen molar-refractivity contribution < 1.29 is 23.5 Å². The zero-order valence-corrected chi connectivity index (χ0v) is 16.9. The molecule has 2 fully saturated rings. The minimum Gasteiger partial charge on any atom is -0.459 e. The standard InChI is InChI=1S/C20H24ClFN2O4/c1-12-7-19(2,3)11-20(8-12)17(26)24(18(27)23-20)9-16(25)28-10-13-14(21)5-4-6-15(13)22/h4-6,12H,7-11H2,1-3H3,(H,23,27)/t12-,20-/m0/s1. The molecule has 152 valence electrons. The van der Waals surface area contributed by atoms with E-state index in [0.717, 1.165) is 11.3 Å². The molecule has 2 atom stereocenters. The predicted molar refractivity (Wildman–Crippen MR) is 101 cm³/mol. The number of urea groups is 1. The molecular formula is C20H24ClFN2O4. The average Bonchev–Trinajstić information content (AvgIpc) is 2.76. The van der Waals surface area contributed by atoms with Crippen molar-refractivity contribution in [2.24, 2.45) is 11.3 Å². The summed E-state index contributed by atoms with van der Waals surface area (Å²) in [5.41, 5.74) is -1.03. The monoisotopic (exact) mass is 410 g/mol. The highest BCUT2D eigenvalue weighted by molar-refractivity contribution is 6.31. The van der Waals surface area contributed by atoms with Crippen molar-refractivity contribution >= 4 is 29.5 Å². The highest BCUT2D eigenvalue weighted by Crippen LogP contribution is 2.46. The molecule has 8 heteroatoms. The maximum Gasteiger partial charge on any atom is 0.326 e. The Hall–Kier alpha value is -2.15. The molecular weight excluding hydrogens is 387 g/mol. The molecule has 3 rings (SSSR count). The summed E-state index contributed by atoms with van der Waals surface area (Å²) in [6.07, 6.45) is 2.02. The first-order valence-corrected chi connectivity index (χ1v) is 9.63. The fraction of sp³-hybridized carbons (Fsp3) is 0.550. The van der Waals surface area contributed by atoms with Crippen molar-refractivity contribution in [3.8, 4) is 0 Å². The maximum absolute atomic E-state index is 13.8. The molecule has 1 saturated heterocycles. The summed E-state index contributed by atoms with van der Waals surface area (Å²) in [6.45, 7) is 5.30. The van der Waals surface area contributed by atoms with E-state index in [1.165, 1.54) is 18.2 Å². The van der Waals surface area contributed by atoms with E-state index >= 15 is 0 Å². The van der Waals surface area contributed by atoms with Gasteiger partial charge in [-0.1, -0.05) is 38.4 Å². The fourth-order valence-electron chi connectivity index (χ4n) is 4.65. The molecule has 2 aliphatic rings. The fourth-order valence-corrected chi connectivity index (χ4v) is 4.86. The Bertz CT molecular complexity index is 808. The molecule has 0 aromatic heterocycles. The van der Waals surface area contributed by atoms with Gasteiger partial charge in [0, 0.05) is 5.56 Å². The van der Waals surface area contributed by atoms with Crippen molar-refractivity contribution in [1.29, 1.82) is 0 Å². The van der Waals surface area contributed by atoms with Crippen molar-refractivity contribution in [2.45, 2.75) is 52.2 Å². The Kier molecular flexibility index (Phi) is 5.40. The quantitative estimate of drug-likeness (QED) is 0.607. The van der Waals surface area contributed by atoms with Gasteiger partial charge in [-0.25, -0.2) is 9.18 Å². The minimum atomic E-state index is -0.979. The van der Waals surface area contributed by atoms with E-state index in [1.807, 2.05) is 0 Å². The maximum atomic E-state index is 13.8. The first-order chi connectivity index (χ1) is 13.0. The van der Waals surface area contributed by atoms with Crippen LogP contribution in [0.15, 0.2) is 18.2 Å². The number of esters is 1. The van der Waals surface area contributed by atoms with Gasteiger partial charge in [-0.3, -0.25) is 14.5 Å². The van der Waals surface area contributed by atoms with Gasteiger partial charge in [-0.15, -0.1) is 0 Å². The number of halogens is 2. The zero-order chi connectivity index (χ0) is 20.7. The summed E-state index contributed by atoms with van der Waals surface area (Å²) in [5, 5.41) is 2.94. The molecule has 6 nitrogen and oxygen atoms in total. The lowest BCUT2D eigenvalue weighted by Gasteiger charge is -2.43. The number of amides is 3. The summed E-state index contributed by atoms with van der Waals surface area (Å²) in [7, 11) is 0. The topological polar surface area (TPSA) is 75.7 Å².